The van der Waals surface area contributed by atoms with Crippen molar-refractivity contribution in [2.75, 3.05) is 11.9 Å². The third-order valence-electron chi connectivity index (χ3n) is 1.89. The second-order valence-corrected chi connectivity index (χ2v) is 4.53. The maximum Gasteiger partial charge on any atom is 0.200 e. The molecule has 0 saturated heterocycles. The van der Waals surface area contributed by atoms with Crippen LogP contribution in [0.25, 0.3) is 0 Å². The van der Waals surface area contributed by atoms with Gasteiger partial charge in [0.05, 0.1) is 0 Å². The van der Waals surface area contributed by atoms with Crippen LogP contribution in [0, 0.1) is 5.41 Å². The minimum absolute atomic E-state index is 0.435. The van der Waals surface area contributed by atoms with Crippen LogP contribution < -0.4 is 5.32 Å². The molecule has 0 unspecified atom stereocenters. The topological polar surface area (TPSA) is 40.7 Å². The predicted octanol–water partition coefficient (Wildman–Crippen LogP) is 2.65. The number of imidazole rings is 1. The Bertz CT molecular complexity index is 221. The van der Waals surface area contributed by atoms with Gasteiger partial charge in [0.15, 0.2) is 5.95 Å². The average molecular weight is 181 g/mol. The van der Waals surface area contributed by atoms with E-state index in [0.717, 1.165) is 12.5 Å². The number of nitrogens with one attached hydrogen (secondary N) is 2. The molecule has 0 amide bonds. The lowest BCUT2D eigenvalue weighted by atomic mass is 9.91. The minimum atomic E-state index is 0.435. The molecule has 2 N–H and O–H groups in total. The smallest absolute Gasteiger partial charge is 0.200 e. The van der Waals surface area contributed by atoms with E-state index in [2.05, 4.69) is 36.1 Å². The van der Waals surface area contributed by atoms with Crippen molar-refractivity contribution in [2.45, 2.75) is 33.6 Å². The van der Waals surface area contributed by atoms with Crippen molar-refractivity contribution in [1.82, 2.24) is 9.97 Å². The Morgan fingerprint density at radius 1 is 1.46 bits per heavy atom. The first-order valence-corrected chi connectivity index (χ1v) is 4.81. The summed E-state index contributed by atoms with van der Waals surface area (Å²) in [5, 5.41) is 3.23. The van der Waals surface area contributed by atoms with Crippen LogP contribution in [0.4, 0.5) is 5.95 Å². The molecule has 0 aliphatic carbocycles. The zero-order valence-electron chi connectivity index (χ0n) is 8.72. The van der Waals surface area contributed by atoms with Crippen molar-refractivity contribution in [2.24, 2.45) is 5.41 Å². The second kappa shape index (κ2) is 4.30. The third kappa shape index (κ3) is 4.55. The molecule has 0 aromatic carbocycles. The Morgan fingerprint density at radius 3 is 2.77 bits per heavy atom. The van der Waals surface area contributed by atoms with Crippen LogP contribution in [-0.2, 0) is 0 Å². The Morgan fingerprint density at radius 2 is 2.23 bits per heavy atom. The van der Waals surface area contributed by atoms with E-state index >= 15 is 0 Å². The van der Waals surface area contributed by atoms with Gasteiger partial charge in [-0.15, -0.1) is 0 Å². The maximum absolute atomic E-state index is 4.08. The van der Waals surface area contributed by atoms with Gasteiger partial charge in [-0.2, -0.15) is 0 Å². The standard InChI is InChI=1S/C10H19N3/c1-10(2,3)5-4-6-11-9-12-7-8-13-9/h7-8H,4-6H2,1-3H3,(H2,11,12,13). The monoisotopic (exact) mass is 181 g/mol. The molecule has 1 aromatic rings. The van der Waals surface area contributed by atoms with E-state index in [1.54, 1.807) is 6.20 Å². The molecule has 13 heavy (non-hydrogen) atoms. The summed E-state index contributed by atoms with van der Waals surface area (Å²) in [5.74, 6) is 0.869. The number of aromatic nitrogens is 2. The van der Waals surface area contributed by atoms with Gasteiger partial charge in [0.1, 0.15) is 0 Å². The SMILES string of the molecule is CC(C)(C)CCCNc1ncc[nH]1. The molecule has 0 atom stereocenters. The lowest BCUT2D eigenvalue weighted by Crippen LogP contribution is -2.09. The van der Waals surface area contributed by atoms with Gasteiger partial charge in [-0.25, -0.2) is 4.98 Å². The molecule has 0 aliphatic heterocycles. The molecule has 1 aromatic heterocycles. The van der Waals surface area contributed by atoms with E-state index in [4.69, 9.17) is 0 Å². The van der Waals surface area contributed by atoms with Crippen molar-refractivity contribution in [3.8, 4) is 0 Å². The summed E-state index contributed by atoms with van der Waals surface area (Å²) in [6.45, 7) is 7.78. The molecular weight excluding hydrogens is 162 g/mol. The third-order valence-corrected chi connectivity index (χ3v) is 1.89. The molecule has 0 bridgehead atoms. The molecule has 0 fully saturated rings. The van der Waals surface area contributed by atoms with E-state index < -0.39 is 0 Å². The number of nitrogens with zero attached hydrogens (tertiary/aromatic N) is 1. The molecule has 3 heteroatoms. The first-order chi connectivity index (χ1) is 6.08. The van der Waals surface area contributed by atoms with Crippen LogP contribution in [-0.4, -0.2) is 16.5 Å². The molecule has 0 saturated carbocycles. The molecule has 1 heterocycles. The summed E-state index contributed by atoms with van der Waals surface area (Å²) in [5.41, 5.74) is 0.435. The normalized spacial score (nSPS) is 11.6. The summed E-state index contributed by atoms with van der Waals surface area (Å²) in [4.78, 5) is 7.10. The highest BCUT2D eigenvalue weighted by Gasteiger charge is 2.08. The maximum atomic E-state index is 4.08. The van der Waals surface area contributed by atoms with Crippen LogP contribution in [0.1, 0.15) is 33.6 Å². The fraction of sp³-hybridized carbons (Fsp3) is 0.700. The van der Waals surface area contributed by atoms with Gasteiger partial charge >= 0.3 is 0 Å². The Labute approximate surface area is 80.0 Å². The number of H-pyrrole nitrogens is 1. The van der Waals surface area contributed by atoms with E-state index in [9.17, 15) is 0 Å². The van der Waals surface area contributed by atoms with E-state index in [1.165, 1.54) is 12.8 Å². The highest BCUT2D eigenvalue weighted by Crippen LogP contribution is 2.20. The zero-order chi connectivity index (χ0) is 9.73. The first-order valence-electron chi connectivity index (χ1n) is 4.81. The van der Waals surface area contributed by atoms with Gasteiger partial charge in [0, 0.05) is 18.9 Å². The minimum Gasteiger partial charge on any atom is -0.356 e. The van der Waals surface area contributed by atoms with E-state index in [-0.39, 0.29) is 0 Å². The van der Waals surface area contributed by atoms with Crippen LogP contribution in [0.5, 0.6) is 0 Å². The van der Waals surface area contributed by atoms with Gasteiger partial charge < -0.3 is 10.3 Å². The average Bonchev–Trinajstić information content (AvgIpc) is 2.48. The summed E-state index contributed by atoms with van der Waals surface area (Å²) >= 11 is 0. The van der Waals surface area contributed by atoms with Crippen molar-refractivity contribution in [1.29, 1.82) is 0 Å². The molecular formula is C10H19N3. The molecule has 1 rings (SSSR count). The van der Waals surface area contributed by atoms with Crippen molar-refractivity contribution in [3.05, 3.63) is 12.4 Å². The molecule has 3 nitrogen and oxygen atoms in total. The van der Waals surface area contributed by atoms with Crippen LogP contribution >= 0.6 is 0 Å². The fourth-order valence-corrected chi connectivity index (χ4v) is 1.19. The van der Waals surface area contributed by atoms with Crippen molar-refractivity contribution >= 4 is 5.95 Å². The first kappa shape index (κ1) is 10.1. The molecule has 0 aliphatic rings. The van der Waals surface area contributed by atoms with Gasteiger partial charge in [-0.1, -0.05) is 20.8 Å². The zero-order valence-corrected chi connectivity index (χ0v) is 8.72. The van der Waals surface area contributed by atoms with Crippen molar-refractivity contribution in [3.63, 3.8) is 0 Å². The lowest BCUT2D eigenvalue weighted by molar-refractivity contribution is 0.370. The van der Waals surface area contributed by atoms with Gasteiger partial charge in [-0.05, 0) is 18.3 Å². The van der Waals surface area contributed by atoms with Crippen molar-refractivity contribution < 1.29 is 0 Å². The van der Waals surface area contributed by atoms with Gasteiger partial charge in [-0.3, -0.25) is 0 Å². The highest BCUT2D eigenvalue weighted by atomic mass is 15.1. The summed E-state index contributed by atoms with van der Waals surface area (Å²) in [6.07, 6.45) is 6.00. The summed E-state index contributed by atoms with van der Waals surface area (Å²) in [7, 11) is 0. The molecule has 0 spiro atoms. The Balaban J connectivity index is 2.09. The quantitative estimate of drug-likeness (QED) is 0.701. The predicted molar refractivity (Wildman–Crippen MR) is 55.8 cm³/mol. The molecule has 0 radical (unpaired) electrons. The fourth-order valence-electron chi connectivity index (χ4n) is 1.19. The Hall–Kier alpha value is -0.990. The Kier molecular flexibility index (Phi) is 3.34. The lowest BCUT2D eigenvalue weighted by Gasteiger charge is -2.17. The number of aromatic amines is 1. The number of hydrogen-bond donors (Lipinski definition) is 2. The summed E-state index contributed by atoms with van der Waals surface area (Å²) in [6, 6.07) is 0. The largest absolute Gasteiger partial charge is 0.356 e. The number of hydrogen-bond acceptors (Lipinski definition) is 2. The number of rotatable bonds is 4. The van der Waals surface area contributed by atoms with Gasteiger partial charge in [0.2, 0.25) is 0 Å². The highest BCUT2D eigenvalue weighted by molar-refractivity contribution is 5.22. The van der Waals surface area contributed by atoms with Gasteiger partial charge in [0.25, 0.3) is 0 Å². The van der Waals surface area contributed by atoms with Crippen LogP contribution in [0.15, 0.2) is 12.4 Å². The summed E-state index contributed by atoms with van der Waals surface area (Å²) < 4.78 is 0. The van der Waals surface area contributed by atoms with Crippen LogP contribution in [0.3, 0.4) is 0 Å². The second-order valence-electron chi connectivity index (χ2n) is 4.53. The molecule has 74 valence electrons. The van der Waals surface area contributed by atoms with E-state index in [1.807, 2.05) is 6.20 Å². The van der Waals surface area contributed by atoms with E-state index in [0.29, 0.717) is 5.41 Å². The number of anilines is 1. The van der Waals surface area contributed by atoms with Crippen LogP contribution in [0.2, 0.25) is 0 Å².